The number of hydrogen-bond acceptors (Lipinski definition) is 3. The molecule has 0 amide bonds. The van der Waals surface area contributed by atoms with Gasteiger partial charge in [0.25, 0.3) is 0 Å². The van der Waals surface area contributed by atoms with Crippen LogP contribution in [-0.2, 0) is 4.74 Å². The van der Waals surface area contributed by atoms with Gasteiger partial charge < -0.3 is 10.5 Å². The summed E-state index contributed by atoms with van der Waals surface area (Å²) in [5.74, 6) is 0. The lowest BCUT2D eigenvalue weighted by Gasteiger charge is -2.37. The second kappa shape index (κ2) is 9.80. The van der Waals surface area contributed by atoms with Gasteiger partial charge in [-0.05, 0) is 19.3 Å². The van der Waals surface area contributed by atoms with Crippen LogP contribution < -0.4 is 5.73 Å². The van der Waals surface area contributed by atoms with Gasteiger partial charge in [-0.25, -0.2) is 0 Å². The van der Waals surface area contributed by atoms with Crippen LogP contribution in [0, 0.1) is 0 Å². The first-order valence-electron chi connectivity index (χ1n) is 6.63. The van der Waals surface area contributed by atoms with Crippen LogP contribution in [0.1, 0.15) is 46.5 Å². The average Bonchev–Trinajstić information content (AvgIpc) is 2.31. The zero-order valence-electron chi connectivity index (χ0n) is 11.7. The molecule has 0 fully saturated rings. The molecule has 0 heterocycles. The first kappa shape index (κ1) is 16.8. The van der Waals surface area contributed by atoms with Crippen LogP contribution in [0.4, 0.5) is 0 Å². The molecule has 0 aromatic rings. The zero-order chi connectivity index (χ0) is 13.3. The second-order valence-electron chi connectivity index (χ2n) is 4.43. The van der Waals surface area contributed by atoms with E-state index >= 15 is 0 Å². The van der Waals surface area contributed by atoms with E-state index in [-0.39, 0.29) is 0 Å². The largest absolute Gasteiger partial charge is 0.393 e. The predicted octanol–water partition coefficient (Wildman–Crippen LogP) is 2.58. The molecule has 3 nitrogen and oxygen atoms in total. The highest BCUT2D eigenvalue weighted by atomic mass is 32.1. The summed E-state index contributed by atoms with van der Waals surface area (Å²) >= 11 is 5.05. The molecule has 102 valence electrons. The van der Waals surface area contributed by atoms with E-state index in [2.05, 4.69) is 25.7 Å². The third-order valence-electron chi connectivity index (χ3n) is 3.34. The smallest absolute Gasteiger partial charge is 0.0743 e. The number of ether oxygens (including phenoxy) is 1. The molecule has 0 saturated heterocycles. The Morgan fingerprint density at radius 2 is 1.71 bits per heavy atom. The average molecular weight is 260 g/mol. The summed E-state index contributed by atoms with van der Waals surface area (Å²) in [6, 6.07) is 1.05. The number of methoxy groups -OCH3 is 1. The molecular weight excluding hydrogens is 232 g/mol. The highest BCUT2D eigenvalue weighted by molar-refractivity contribution is 7.80. The monoisotopic (exact) mass is 260 g/mol. The number of hydrogen-bond donors (Lipinski definition) is 1. The van der Waals surface area contributed by atoms with Crippen LogP contribution in [-0.4, -0.2) is 42.2 Å². The van der Waals surface area contributed by atoms with Crippen molar-refractivity contribution in [2.24, 2.45) is 5.73 Å². The normalized spacial score (nSPS) is 13.3. The summed E-state index contributed by atoms with van der Waals surface area (Å²) in [5, 5.41) is 0. The zero-order valence-corrected chi connectivity index (χ0v) is 12.6. The van der Waals surface area contributed by atoms with Gasteiger partial charge in [-0.1, -0.05) is 33.0 Å². The summed E-state index contributed by atoms with van der Waals surface area (Å²) in [7, 11) is 1.75. The third kappa shape index (κ3) is 6.34. The first-order valence-corrected chi connectivity index (χ1v) is 7.04. The van der Waals surface area contributed by atoms with Crippen molar-refractivity contribution < 1.29 is 4.74 Å². The lowest BCUT2D eigenvalue weighted by molar-refractivity contribution is 0.0799. The summed E-state index contributed by atoms with van der Waals surface area (Å²) in [6.45, 7) is 8.41. The minimum Gasteiger partial charge on any atom is -0.393 e. The Bertz CT molecular complexity index is 208. The molecule has 0 aliphatic heterocycles. The first-order chi connectivity index (χ1) is 8.10. The van der Waals surface area contributed by atoms with Gasteiger partial charge in [-0.2, -0.15) is 0 Å². The fraction of sp³-hybridized carbons (Fsp3) is 0.923. The highest BCUT2D eigenvalue weighted by Crippen LogP contribution is 2.17. The molecule has 17 heavy (non-hydrogen) atoms. The third-order valence-corrected chi connectivity index (χ3v) is 3.51. The Labute approximate surface area is 112 Å². The molecule has 2 N–H and O–H groups in total. The molecular formula is C13H28N2OS. The molecule has 0 saturated carbocycles. The van der Waals surface area contributed by atoms with Crippen molar-refractivity contribution >= 4 is 17.2 Å². The standard InChI is InChI=1S/C13H28N2OS/c1-5-11(6-2)15(8-9-16-4)12(7-3)10-13(14)17/h11-12H,5-10H2,1-4H3,(H2,14,17). The van der Waals surface area contributed by atoms with E-state index in [9.17, 15) is 0 Å². The van der Waals surface area contributed by atoms with E-state index in [0.717, 1.165) is 38.8 Å². The molecule has 0 aliphatic carbocycles. The number of nitrogens with zero attached hydrogens (tertiary/aromatic N) is 1. The molecule has 0 spiro atoms. The molecule has 1 atom stereocenters. The predicted molar refractivity (Wildman–Crippen MR) is 78.4 cm³/mol. The summed E-state index contributed by atoms with van der Waals surface area (Å²) in [4.78, 5) is 3.13. The Kier molecular flexibility index (Phi) is 9.69. The van der Waals surface area contributed by atoms with Gasteiger partial charge in [0, 0.05) is 32.2 Å². The van der Waals surface area contributed by atoms with Gasteiger partial charge in [0.05, 0.1) is 11.6 Å². The SMILES string of the molecule is CCC(CC)N(CCOC)C(CC)CC(N)=S. The Hall–Kier alpha value is -0.190. The summed E-state index contributed by atoms with van der Waals surface area (Å²) in [5.41, 5.74) is 5.69. The van der Waals surface area contributed by atoms with E-state index in [1.54, 1.807) is 7.11 Å². The fourth-order valence-corrected chi connectivity index (χ4v) is 2.54. The molecule has 4 heteroatoms. The summed E-state index contributed by atoms with van der Waals surface area (Å²) < 4.78 is 5.21. The molecule has 0 bridgehead atoms. The van der Waals surface area contributed by atoms with Crippen LogP contribution in [0.25, 0.3) is 0 Å². The quantitative estimate of drug-likeness (QED) is 0.613. The maximum Gasteiger partial charge on any atom is 0.0743 e. The minimum absolute atomic E-state index is 0.451. The molecule has 0 aromatic heterocycles. The van der Waals surface area contributed by atoms with Crippen molar-refractivity contribution in [2.75, 3.05) is 20.3 Å². The van der Waals surface area contributed by atoms with Crippen molar-refractivity contribution in [2.45, 2.75) is 58.5 Å². The maximum absolute atomic E-state index is 5.69. The Balaban J connectivity index is 4.64. The van der Waals surface area contributed by atoms with E-state index in [1.807, 2.05) is 0 Å². The Morgan fingerprint density at radius 1 is 1.18 bits per heavy atom. The number of rotatable bonds is 10. The van der Waals surface area contributed by atoms with Crippen molar-refractivity contribution in [1.82, 2.24) is 4.90 Å². The van der Waals surface area contributed by atoms with E-state index < -0.39 is 0 Å². The van der Waals surface area contributed by atoms with Gasteiger partial charge in [0.1, 0.15) is 0 Å². The highest BCUT2D eigenvalue weighted by Gasteiger charge is 2.23. The van der Waals surface area contributed by atoms with Crippen molar-refractivity contribution in [3.8, 4) is 0 Å². The Morgan fingerprint density at radius 3 is 2.06 bits per heavy atom. The molecule has 1 unspecified atom stereocenters. The lowest BCUT2D eigenvalue weighted by atomic mass is 10.0. The summed E-state index contributed by atoms with van der Waals surface area (Å²) in [6.07, 6.45) is 4.21. The van der Waals surface area contributed by atoms with Gasteiger partial charge in [0.2, 0.25) is 0 Å². The van der Waals surface area contributed by atoms with Crippen molar-refractivity contribution in [3.63, 3.8) is 0 Å². The molecule has 0 rings (SSSR count). The fourth-order valence-electron chi connectivity index (χ4n) is 2.35. The van der Waals surface area contributed by atoms with Gasteiger partial charge in [-0.3, -0.25) is 4.90 Å². The molecule has 0 aliphatic rings. The van der Waals surface area contributed by atoms with Crippen molar-refractivity contribution in [3.05, 3.63) is 0 Å². The van der Waals surface area contributed by atoms with Crippen LogP contribution in [0.3, 0.4) is 0 Å². The minimum atomic E-state index is 0.451. The van der Waals surface area contributed by atoms with Crippen LogP contribution in [0.15, 0.2) is 0 Å². The van der Waals surface area contributed by atoms with E-state index in [1.165, 1.54) is 0 Å². The van der Waals surface area contributed by atoms with Crippen LogP contribution in [0.5, 0.6) is 0 Å². The van der Waals surface area contributed by atoms with Crippen LogP contribution in [0.2, 0.25) is 0 Å². The van der Waals surface area contributed by atoms with Crippen molar-refractivity contribution in [1.29, 1.82) is 0 Å². The van der Waals surface area contributed by atoms with Gasteiger partial charge in [-0.15, -0.1) is 0 Å². The maximum atomic E-state index is 5.69. The van der Waals surface area contributed by atoms with Gasteiger partial charge in [0.15, 0.2) is 0 Å². The lowest BCUT2D eigenvalue weighted by Crippen LogP contribution is -2.45. The van der Waals surface area contributed by atoms with E-state index in [4.69, 9.17) is 22.7 Å². The topological polar surface area (TPSA) is 38.5 Å². The number of nitrogens with two attached hydrogens (primary N) is 1. The van der Waals surface area contributed by atoms with Crippen LogP contribution >= 0.6 is 12.2 Å². The van der Waals surface area contributed by atoms with E-state index in [0.29, 0.717) is 17.1 Å². The second-order valence-corrected chi connectivity index (χ2v) is 4.96. The number of thiocarbonyl (C=S) groups is 1. The molecule has 0 aromatic carbocycles. The molecule has 0 radical (unpaired) electrons. The van der Waals surface area contributed by atoms with Gasteiger partial charge >= 0.3 is 0 Å².